The summed E-state index contributed by atoms with van der Waals surface area (Å²) < 4.78 is 5.06. The van der Waals surface area contributed by atoms with Gasteiger partial charge in [-0.3, -0.25) is 4.79 Å². The SMILES string of the molecule is COc1ccc(NC(C)C(=O)N(C)C)c(N)c1. The van der Waals surface area contributed by atoms with E-state index in [0.29, 0.717) is 11.4 Å². The van der Waals surface area contributed by atoms with Crippen LogP contribution in [0.5, 0.6) is 5.75 Å². The number of carbonyl (C=O) groups is 1. The Labute approximate surface area is 102 Å². The highest BCUT2D eigenvalue weighted by atomic mass is 16.5. The fourth-order valence-corrected chi connectivity index (χ4v) is 1.48. The van der Waals surface area contributed by atoms with Crippen LogP contribution in [0, 0.1) is 0 Å². The molecule has 17 heavy (non-hydrogen) atoms. The van der Waals surface area contributed by atoms with E-state index in [4.69, 9.17) is 10.5 Å². The Balaban J connectivity index is 2.78. The third-order valence-electron chi connectivity index (χ3n) is 2.44. The molecule has 94 valence electrons. The van der Waals surface area contributed by atoms with Gasteiger partial charge in [0.05, 0.1) is 18.5 Å². The molecule has 1 unspecified atom stereocenters. The van der Waals surface area contributed by atoms with Crippen molar-refractivity contribution < 1.29 is 9.53 Å². The van der Waals surface area contributed by atoms with Crippen molar-refractivity contribution in [1.29, 1.82) is 0 Å². The van der Waals surface area contributed by atoms with Crippen LogP contribution < -0.4 is 15.8 Å². The Kier molecular flexibility index (Phi) is 4.20. The van der Waals surface area contributed by atoms with E-state index < -0.39 is 0 Å². The minimum Gasteiger partial charge on any atom is -0.497 e. The Morgan fingerprint density at radius 1 is 1.47 bits per heavy atom. The zero-order valence-electron chi connectivity index (χ0n) is 10.7. The van der Waals surface area contributed by atoms with Crippen molar-refractivity contribution in [2.75, 3.05) is 32.3 Å². The summed E-state index contributed by atoms with van der Waals surface area (Å²) in [6.07, 6.45) is 0. The topological polar surface area (TPSA) is 67.6 Å². The minimum atomic E-state index is -0.319. The van der Waals surface area contributed by atoms with Crippen molar-refractivity contribution >= 4 is 17.3 Å². The van der Waals surface area contributed by atoms with E-state index in [1.54, 1.807) is 46.3 Å². The standard InChI is InChI=1S/C12H19N3O2/c1-8(12(16)15(2)3)14-11-6-5-9(17-4)7-10(11)13/h5-8,14H,13H2,1-4H3. The van der Waals surface area contributed by atoms with E-state index in [9.17, 15) is 4.79 Å². The van der Waals surface area contributed by atoms with Crippen LogP contribution in [0.1, 0.15) is 6.92 Å². The molecule has 0 saturated heterocycles. The Bertz CT molecular complexity index is 405. The second-order valence-corrected chi connectivity index (χ2v) is 4.05. The lowest BCUT2D eigenvalue weighted by Crippen LogP contribution is -2.36. The third-order valence-corrected chi connectivity index (χ3v) is 2.44. The van der Waals surface area contributed by atoms with Gasteiger partial charge in [-0.1, -0.05) is 0 Å². The highest BCUT2D eigenvalue weighted by molar-refractivity contribution is 5.85. The summed E-state index contributed by atoms with van der Waals surface area (Å²) in [7, 11) is 5.02. The van der Waals surface area contributed by atoms with Gasteiger partial charge >= 0.3 is 0 Å². The first-order chi connectivity index (χ1) is 7.95. The molecule has 1 amide bonds. The van der Waals surface area contributed by atoms with Crippen LogP contribution in [0.2, 0.25) is 0 Å². The molecule has 0 aliphatic carbocycles. The summed E-state index contributed by atoms with van der Waals surface area (Å²) in [5, 5.41) is 3.07. The second kappa shape index (κ2) is 5.43. The zero-order chi connectivity index (χ0) is 13.0. The maximum Gasteiger partial charge on any atom is 0.244 e. The fourth-order valence-electron chi connectivity index (χ4n) is 1.48. The van der Waals surface area contributed by atoms with Gasteiger partial charge in [0, 0.05) is 20.2 Å². The molecule has 1 rings (SSSR count). The number of amides is 1. The molecule has 5 nitrogen and oxygen atoms in total. The smallest absolute Gasteiger partial charge is 0.244 e. The van der Waals surface area contributed by atoms with E-state index >= 15 is 0 Å². The molecule has 0 spiro atoms. The number of nitrogens with zero attached hydrogens (tertiary/aromatic N) is 1. The molecule has 3 N–H and O–H groups in total. The van der Waals surface area contributed by atoms with Gasteiger partial charge in [-0.2, -0.15) is 0 Å². The Hall–Kier alpha value is -1.91. The monoisotopic (exact) mass is 237 g/mol. The number of carbonyl (C=O) groups excluding carboxylic acids is 1. The normalized spacial score (nSPS) is 11.8. The number of anilines is 2. The lowest BCUT2D eigenvalue weighted by molar-refractivity contribution is -0.129. The van der Waals surface area contributed by atoms with Crippen LogP contribution in [0.25, 0.3) is 0 Å². The van der Waals surface area contributed by atoms with Crippen LogP contribution in [0.4, 0.5) is 11.4 Å². The fraction of sp³-hybridized carbons (Fsp3) is 0.417. The van der Waals surface area contributed by atoms with Crippen molar-refractivity contribution in [3.8, 4) is 5.75 Å². The molecule has 1 aromatic carbocycles. The number of rotatable bonds is 4. The van der Waals surface area contributed by atoms with Crippen LogP contribution in [0.3, 0.4) is 0 Å². The number of nitrogen functional groups attached to an aromatic ring is 1. The maximum atomic E-state index is 11.7. The van der Waals surface area contributed by atoms with Gasteiger partial charge in [-0.05, 0) is 19.1 Å². The Morgan fingerprint density at radius 3 is 2.59 bits per heavy atom. The van der Waals surface area contributed by atoms with E-state index in [1.165, 1.54) is 4.90 Å². The van der Waals surface area contributed by atoms with Crippen molar-refractivity contribution in [2.24, 2.45) is 0 Å². The highest BCUT2D eigenvalue weighted by Crippen LogP contribution is 2.24. The van der Waals surface area contributed by atoms with Gasteiger partial charge in [-0.15, -0.1) is 0 Å². The number of benzene rings is 1. The highest BCUT2D eigenvalue weighted by Gasteiger charge is 2.15. The number of nitrogens with two attached hydrogens (primary N) is 1. The van der Waals surface area contributed by atoms with Gasteiger partial charge in [0.25, 0.3) is 0 Å². The summed E-state index contributed by atoms with van der Waals surface area (Å²) in [5.74, 6) is 0.694. The molecule has 0 heterocycles. The van der Waals surface area contributed by atoms with E-state index in [1.807, 2.05) is 0 Å². The van der Waals surface area contributed by atoms with Crippen molar-refractivity contribution in [3.05, 3.63) is 18.2 Å². The second-order valence-electron chi connectivity index (χ2n) is 4.05. The first kappa shape index (κ1) is 13.2. The molecule has 0 saturated carbocycles. The number of methoxy groups -OCH3 is 1. The van der Waals surface area contributed by atoms with Crippen LogP contribution >= 0.6 is 0 Å². The first-order valence-corrected chi connectivity index (χ1v) is 5.37. The predicted molar refractivity (Wildman–Crippen MR) is 69.2 cm³/mol. The number of likely N-dealkylation sites (N-methyl/N-ethyl adjacent to an activating group) is 1. The summed E-state index contributed by atoms with van der Waals surface area (Å²) in [4.78, 5) is 13.2. The quantitative estimate of drug-likeness (QED) is 0.771. The molecule has 1 atom stereocenters. The molecule has 0 aromatic heterocycles. The van der Waals surface area contributed by atoms with E-state index in [-0.39, 0.29) is 11.9 Å². The molecular weight excluding hydrogens is 218 g/mol. The van der Waals surface area contributed by atoms with Gasteiger partial charge in [0.2, 0.25) is 5.91 Å². The average molecular weight is 237 g/mol. The number of nitrogens with one attached hydrogen (secondary N) is 1. The maximum absolute atomic E-state index is 11.7. The molecule has 0 fully saturated rings. The summed E-state index contributed by atoms with van der Waals surface area (Å²) >= 11 is 0. The van der Waals surface area contributed by atoms with Crippen LogP contribution in [-0.4, -0.2) is 38.1 Å². The van der Waals surface area contributed by atoms with E-state index in [2.05, 4.69) is 5.32 Å². The lowest BCUT2D eigenvalue weighted by atomic mass is 10.2. The van der Waals surface area contributed by atoms with Gasteiger partial charge in [0.15, 0.2) is 0 Å². The summed E-state index contributed by atoms with van der Waals surface area (Å²) in [5.41, 5.74) is 7.14. The summed E-state index contributed by atoms with van der Waals surface area (Å²) in [6.45, 7) is 1.80. The minimum absolute atomic E-state index is 0.000202. The lowest BCUT2D eigenvalue weighted by Gasteiger charge is -2.20. The third kappa shape index (κ3) is 3.27. The number of ether oxygens (including phenoxy) is 1. The van der Waals surface area contributed by atoms with E-state index in [0.717, 1.165) is 5.69 Å². The van der Waals surface area contributed by atoms with Crippen LogP contribution in [0.15, 0.2) is 18.2 Å². The number of hydrogen-bond acceptors (Lipinski definition) is 4. The Morgan fingerprint density at radius 2 is 2.12 bits per heavy atom. The van der Waals surface area contributed by atoms with Crippen LogP contribution in [-0.2, 0) is 4.79 Å². The molecule has 1 aromatic rings. The largest absolute Gasteiger partial charge is 0.497 e. The van der Waals surface area contributed by atoms with Gasteiger partial charge in [0.1, 0.15) is 11.8 Å². The van der Waals surface area contributed by atoms with Crippen molar-refractivity contribution in [3.63, 3.8) is 0 Å². The molecular formula is C12H19N3O2. The van der Waals surface area contributed by atoms with Gasteiger partial charge in [-0.25, -0.2) is 0 Å². The predicted octanol–water partition coefficient (Wildman–Crippen LogP) is 1.17. The summed E-state index contributed by atoms with van der Waals surface area (Å²) in [6, 6.07) is 5.00. The molecule has 5 heteroatoms. The molecule has 0 radical (unpaired) electrons. The first-order valence-electron chi connectivity index (χ1n) is 5.37. The van der Waals surface area contributed by atoms with Crippen molar-refractivity contribution in [2.45, 2.75) is 13.0 Å². The molecule has 0 bridgehead atoms. The zero-order valence-corrected chi connectivity index (χ0v) is 10.7. The average Bonchev–Trinajstić information content (AvgIpc) is 2.30. The number of hydrogen-bond donors (Lipinski definition) is 2. The van der Waals surface area contributed by atoms with Gasteiger partial charge < -0.3 is 20.7 Å². The van der Waals surface area contributed by atoms with Crippen molar-refractivity contribution in [1.82, 2.24) is 4.90 Å². The molecule has 0 aliphatic rings. The molecule has 0 aliphatic heterocycles.